The molecule has 0 bridgehead atoms. The summed E-state index contributed by atoms with van der Waals surface area (Å²) in [6.07, 6.45) is 0.794. The van der Waals surface area contributed by atoms with Crippen molar-refractivity contribution in [3.63, 3.8) is 0 Å². The van der Waals surface area contributed by atoms with Crippen LogP contribution in [0, 0.1) is 0 Å². The summed E-state index contributed by atoms with van der Waals surface area (Å²) in [4.78, 5) is 42.4. The highest BCUT2D eigenvalue weighted by molar-refractivity contribution is 6.19. The molecule has 0 saturated heterocycles. The van der Waals surface area contributed by atoms with E-state index in [2.05, 4.69) is 26.1 Å². The number of hydrazone groups is 1. The van der Waals surface area contributed by atoms with Gasteiger partial charge in [-0.3, -0.25) is 14.9 Å². The number of rotatable bonds is 5. The van der Waals surface area contributed by atoms with Gasteiger partial charge in [0.05, 0.1) is 11.8 Å². The lowest BCUT2D eigenvalue weighted by Gasteiger charge is -2.19. The molecule has 0 aliphatic carbocycles. The third-order valence-corrected chi connectivity index (χ3v) is 4.26. The van der Waals surface area contributed by atoms with Crippen LogP contribution in [0.15, 0.2) is 17.2 Å². The van der Waals surface area contributed by atoms with E-state index in [4.69, 9.17) is 4.74 Å². The van der Waals surface area contributed by atoms with Crippen LogP contribution in [0.1, 0.15) is 47.2 Å². The Bertz CT molecular complexity index is 1030. The van der Waals surface area contributed by atoms with Crippen LogP contribution in [0.25, 0.3) is 10.9 Å². The number of carbonyl (C=O) groups is 3. The number of likely N-dealkylation sites (N-methyl/N-ethyl adjacent to an activating group) is 1. The monoisotopic (exact) mass is 414 g/mol. The summed E-state index contributed by atoms with van der Waals surface area (Å²) in [5.74, 6) is -0.752. The molecule has 0 spiro atoms. The number of nitrogens with zero attached hydrogens (tertiary/aromatic N) is 2. The van der Waals surface area contributed by atoms with Crippen molar-refractivity contribution in [3.8, 4) is 0 Å². The Hall–Kier alpha value is -3.40. The van der Waals surface area contributed by atoms with Gasteiger partial charge in [0.15, 0.2) is 0 Å². The lowest BCUT2D eigenvalue weighted by molar-refractivity contribution is 0.0635. The van der Waals surface area contributed by atoms with Gasteiger partial charge in [0.1, 0.15) is 11.3 Å². The van der Waals surface area contributed by atoms with Crippen molar-refractivity contribution in [1.82, 2.24) is 20.6 Å². The third kappa shape index (κ3) is 4.77. The number of hydrogen-bond donors (Lipinski definition) is 4. The second-order valence-electron chi connectivity index (χ2n) is 8.25. The minimum Gasteiger partial charge on any atom is -0.444 e. The number of amides is 3. The van der Waals surface area contributed by atoms with Crippen molar-refractivity contribution in [1.29, 1.82) is 0 Å². The fraction of sp³-hybridized carbons (Fsp3) is 0.400. The van der Waals surface area contributed by atoms with Gasteiger partial charge >= 0.3 is 6.09 Å². The Morgan fingerprint density at radius 3 is 2.63 bits per heavy atom. The first-order chi connectivity index (χ1) is 14.0. The number of H-pyrrole nitrogens is 1. The summed E-state index contributed by atoms with van der Waals surface area (Å²) >= 11 is 0. The van der Waals surface area contributed by atoms with E-state index >= 15 is 0 Å². The Morgan fingerprint density at radius 2 is 1.97 bits per heavy atom. The van der Waals surface area contributed by atoms with Crippen molar-refractivity contribution in [3.05, 3.63) is 29.0 Å². The summed E-state index contributed by atoms with van der Waals surface area (Å²) in [6.45, 7) is 6.42. The molecule has 3 rings (SSSR count). The SMILES string of the molecule is CN(C)CCNC(=O)c1[nH]c2cc(NC(=O)OC(C)(C)C)cc3c2c1C=NNC3=O. The molecule has 0 atom stereocenters. The number of benzene rings is 1. The molecule has 0 fully saturated rings. The number of anilines is 1. The normalized spacial score (nSPS) is 13.2. The largest absolute Gasteiger partial charge is 0.444 e. The van der Waals surface area contributed by atoms with Crippen molar-refractivity contribution < 1.29 is 19.1 Å². The van der Waals surface area contributed by atoms with Crippen molar-refractivity contribution >= 4 is 40.7 Å². The predicted octanol–water partition coefficient (Wildman–Crippen LogP) is 1.88. The maximum absolute atomic E-state index is 12.7. The maximum atomic E-state index is 12.7. The first-order valence-corrected chi connectivity index (χ1v) is 9.51. The predicted molar refractivity (Wildman–Crippen MR) is 114 cm³/mol. The molecule has 160 valence electrons. The van der Waals surface area contributed by atoms with Crippen LogP contribution in [0.3, 0.4) is 0 Å². The maximum Gasteiger partial charge on any atom is 0.412 e. The highest BCUT2D eigenvalue weighted by Gasteiger charge is 2.25. The molecule has 0 saturated carbocycles. The van der Waals surface area contributed by atoms with E-state index < -0.39 is 17.6 Å². The Kier molecular flexibility index (Phi) is 5.79. The molecule has 0 unspecified atom stereocenters. The average molecular weight is 414 g/mol. The van der Waals surface area contributed by atoms with Gasteiger partial charge in [0, 0.05) is 35.2 Å². The highest BCUT2D eigenvalue weighted by atomic mass is 16.6. The van der Waals surface area contributed by atoms with Gasteiger partial charge in [0.25, 0.3) is 11.8 Å². The summed E-state index contributed by atoms with van der Waals surface area (Å²) in [5.41, 5.74) is 3.71. The van der Waals surface area contributed by atoms with Crippen LogP contribution in [-0.4, -0.2) is 66.8 Å². The first kappa shape index (κ1) is 21.3. The molecular formula is C20H26N6O4. The zero-order chi connectivity index (χ0) is 22.1. The van der Waals surface area contributed by atoms with Crippen molar-refractivity contribution in [2.24, 2.45) is 5.10 Å². The molecule has 10 nitrogen and oxygen atoms in total. The molecule has 1 aliphatic rings. The van der Waals surface area contributed by atoms with Gasteiger partial charge < -0.3 is 19.9 Å². The molecular weight excluding hydrogens is 388 g/mol. The highest BCUT2D eigenvalue weighted by Crippen LogP contribution is 2.30. The lowest BCUT2D eigenvalue weighted by Crippen LogP contribution is -2.32. The van der Waals surface area contributed by atoms with E-state index in [9.17, 15) is 14.4 Å². The van der Waals surface area contributed by atoms with Gasteiger partial charge in [-0.2, -0.15) is 5.10 Å². The van der Waals surface area contributed by atoms with E-state index in [-0.39, 0.29) is 11.5 Å². The van der Waals surface area contributed by atoms with Crippen LogP contribution in [0.5, 0.6) is 0 Å². The minimum atomic E-state index is -0.664. The number of hydrogen-bond acceptors (Lipinski definition) is 6. The summed E-state index contributed by atoms with van der Waals surface area (Å²) < 4.78 is 5.27. The lowest BCUT2D eigenvalue weighted by atomic mass is 10.0. The molecule has 4 N–H and O–H groups in total. The van der Waals surface area contributed by atoms with Crippen molar-refractivity contribution in [2.75, 3.05) is 32.5 Å². The molecule has 2 aromatic rings. The number of ether oxygens (including phenoxy) is 1. The molecule has 3 amide bonds. The van der Waals surface area contributed by atoms with E-state index in [1.54, 1.807) is 26.8 Å². The summed E-state index contributed by atoms with van der Waals surface area (Å²) in [5, 5.41) is 9.94. The molecule has 1 aromatic heterocycles. The zero-order valence-corrected chi connectivity index (χ0v) is 17.7. The fourth-order valence-corrected chi connectivity index (χ4v) is 3.04. The summed E-state index contributed by atoms with van der Waals surface area (Å²) in [6, 6.07) is 3.18. The number of carbonyl (C=O) groups excluding carboxylic acids is 3. The first-order valence-electron chi connectivity index (χ1n) is 9.51. The molecule has 10 heteroatoms. The second kappa shape index (κ2) is 8.15. The van der Waals surface area contributed by atoms with E-state index in [1.165, 1.54) is 12.3 Å². The molecule has 0 radical (unpaired) electrons. The van der Waals surface area contributed by atoms with Crippen LogP contribution < -0.4 is 16.1 Å². The van der Waals surface area contributed by atoms with Gasteiger partial charge in [-0.15, -0.1) is 0 Å². The number of aromatic amines is 1. The third-order valence-electron chi connectivity index (χ3n) is 4.26. The average Bonchev–Trinajstić information content (AvgIpc) is 2.88. The van der Waals surface area contributed by atoms with Gasteiger partial charge in [0.2, 0.25) is 0 Å². The second-order valence-corrected chi connectivity index (χ2v) is 8.25. The number of aromatic nitrogens is 1. The molecule has 30 heavy (non-hydrogen) atoms. The van der Waals surface area contributed by atoms with Gasteiger partial charge in [-0.1, -0.05) is 0 Å². The molecule has 1 aromatic carbocycles. The zero-order valence-electron chi connectivity index (χ0n) is 17.7. The quantitative estimate of drug-likeness (QED) is 0.594. The topological polar surface area (TPSA) is 128 Å². The standard InChI is InChI=1S/C20H26N6O4/c1-20(2,3)30-19(29)23-11-8-12-15-13(10-22-25-17(12)27)16(24-14(15)9-11)18(28)21-6-7-26(4)5/h8-10,24H,6-7H2,1-5H3,(H,21,28)(H,23,29)(H,25,27). The van der Waals surface area contributed by atoms with E-state index in [0.717, 1.165) is 0 Å². The Balaban J connectivity index is 1.98. The molecule has 1 aliphatic heterocycles. The summed E-state index contributed by atoms with van der Waals surface area (Å²) in [7, 11) is 3.83. The molecule has 2 heterocycles. The fourth-order valence-electron chi connectivity index (χ4n) is 3.04. The van der Waals surface area contributed by atoms with Gasteiger partial charge in [-0.05, 0) is 47.0 Å². The van der Waals surface area contributed by atoms with Crippen LogP contribution in [0.2, 0.25) is 0 Å². The van der Waals surface area contributed by atoms with Crippen molar-refractivity contribution in [2.45, 2.75) is 26.4 Å². The number of nitrogens with one attached hydrogen (secondary N) is 4. The minimum absolute atomic E-state index is 0.287. The van der Waals surface area contributed by atoms with E-state index in [0.29, 0.717) is 40.9 Å². The van der Waals surface area contributed by atoms with Gasteiger partial charge in [-0.25, -0.2) is 10.2 Å². The van der Waals surface area contributed by atoms with Crippen LogP contribution in [-0.2, 0) is 4.74 Å². The van der Waals surface area contributed by atoms with E-state index in [1.807, 2.05) is 19.0 Å². The van der Waals surface area contributed by atoms with Crippen LogP contribution in [0.4, 0.5) is 10.5 Å². The smallest absolute Gasteiger partial charge is 0.412 e. The van der Waals surface area contributed by atoms with Crippen LogP contribution >= 0.6 is 0 Å². The Morgan fingerprint density at radius 1 is 1.23 bits per heavy atom. The Labute approximate surface area is 174 Å².